The Kier molecular flexibility index (Phi) is 6.06. The Labute approximate surface area is 133 Å². The first kappa shape index (κ1) is 16.8. The maximum atomic E-state index is 6.13. The predicted octanol–water partition coefficient (Wildman–Crippen LogP) is 3.49. The molecular weight excluding hydrogens is 284 g/mol. The lowest BCUT2D eigenvalue weighted by atomic mass is 9.99. The van der Waals surface area contributed by atoms with E-state index in [1.165, 1.54) is 5.56 Å². The Balaban J connectivity index is 2.00. The van der Waals surface area contributed by atoms with E-state index in [0.29, 0.717) is 6.04 Å². The van der Waals surface area contributed by atoms with Crippen LogP contribution in [0.3, 0.4) is 0 Å². The molecule has 0 aromatic heterocycles. The fraction of sp³-hybridized carbons (Fsp3) is 0.647. The van der Waals surface area contributed by atoms with Gasteiger partial charge in [0.05, 0.1) is 13.2 Å². The lowest BCUT2D eigenvalue weighted by Crippen LogP contribution is -2.53. The minimum atomic E-state index is 0.128. The van der Waals surface area contributed by atoms with Gasteiger partial charge in [-0.05, 0) is 44.5 Å². The first-order valence-corrected chi connectivity index (χ1v) is 8.22. The zero-order chi connectivity index (χ0) is 15.3. The second-order valence-electron chi connectivity index (χ2n) is 6.31. The molecule has 1 saturated heterocycles. The summed E-state index contributed by atoms with van der Waals surface area (Å²) >= 11 is 6.13. The Morgan fingerprint density at radius 2 is 2.24 bits per heavy atom. The summed E-state index contributed by atoms with van der Waals surface area (Å²) in [7, 11) is 0. The molecule has 1 aliphatic heterocycles. The lowest BCUT2D eigenvalue weighted by Gasteiger charge is -2.42. The molecule has 1 unspecified atom stereocenters. The third-order valence-corrected chi connectivity index (χ3v) is 4.44. The maximum Gasteiger partial charge on any atom is 0.0645 e. The van der Waals surface area contributed by atoms with Gasteiger partial charge in [-0.1, -0.05) is 30.7 Å². The van der Waals surface area contributed by atoms with Crippen LogP contribution in [0.5, 0.6) is 0 Å². The molecule has 1 aromatic rings. The summed E-state index contributed by atoms with van der Waals surface area (Å²) in [5.74, 6) is 0. The van der Waals surface area contributed by atoms with Gasteiger partial charge >= 0.3 is 0 Å². The predicted molar refractivity (Wildman–Crippen MR) is 89.0 cm³/mol. The van der Waals surface area contributed by atoms with E-state index in [4.69, 9.17) is 16.3 Å². The minimum absolute atomic E-state index is 0.128. The smallest absolute Gasteiger partial charge is 0.0645 e. The molecule has 0 bridgehead atoms. The van der Waals surface area contributed by atoms with Crippen LogP contribution < -0.4 is 5.32 Å². The molecule has 0 aliphatic carbocycles. The summed E-state index contributed by atoms with van der Waals surface area (Å²) in [5.41, 5.74) is 1.40. The Morgan fingerprint density at radius 3 is 2.90 bits per heavy atom. The summed E-state index contributed by atoms with van der Waals surface area (Å²) in [5, 5.41) is 4.38. The fourth-order valence-electron chi connectivity index (χ4n) is 2.95. The first-order chi connectivity index (χ1) is 10.0. The molecule has 1 N–H and O–H groups in total. The number of morpholine rings is 1. The quantitative estimate of drug-likeness (QED) is 0.870. The number of hydrogen-bond acceptors (Lipinski definition) is 3. The van der Waals surface area contributed by atoms with Crippen molar-refractivity contribution in [3.63, 3.8) is 0 Å². The summed E-state index contributed by atoms with van der Waals surface area (Å²) < 4.78 is 5.59. The lowest BCUT2D eigenvalue weighted by molar-refractivity contribution is -0.0521. The number of rotatable bonds is 6. The highest BCUT2D eigenvalue weighted by Gasteiger charge is 2.30. The van der Waals surface area contributed by atoms with Crippen LogP contribution in [0.4, 0.5) is 0 Å². The van der Waals surface area contributed by atoms with Crippen molar-refractivity contribution < 1.29 is 4.74 Å². The highest BCUT2D eigenvalue weighted by atomic mass is 35.5. The number of ether oxygens (including phenoxy) is 1. The SMILES string of the molecule is CCNC(CCN1CCOCC1(C)C)c1cccc(Cl)c1. The zero-order valence-electron chi connectivity index (χ0n) is 13.4. The van der Waals surface area contributed by atoms with E-state index >= 15 is 0 Å². The van der Waals surface area contributed by atoms with E-state index in [1.807, 2.05) is 12.1 Å². The summed E-state index contributed by atoms with van der Waals surface area (Å²) in [6.07, 6.45) is 1.08. The molecule has 1 fully saturated rings. The number of hydrogen-bond donors (Lipinski definition) is 1. The highest BCUT2D eigenvalue weighted by molar-refractivity contribution is 6.30. The van der Waals surface area contributed by atoms with Gasteiger partial charge in [0.15, 0.2) is 0 Å². The van der Waals surface area contributed by atoms with Crippen LogP contribution >= 0.6 is 11.6 Å². The molecule has 1 atom stereocenters. The highest BCUT2D eigenvalue weighted by Crippen LogP contribution is 2.24. The molecule has 3 nitrogen and oxygen atoms in total. The molecule has 1 aromatic carbocycles. The largest absolute Gasteiger partial charge is 0.378 e. The number of halogens is 1. The average molecular weight is 311 g/mol. The third-order valence-electron chi connectivity index (χ3n) is 4.21. The van der Waals surface area contributed by atoms with Crippen LogP contribution in [0, 0.1) is 0 Å². The van der Waals surface area contributed by atoms with Crippen molar-refractivity contribution in [2.75, 3.05) is 32.8 Å². The van der Waals surface area contributed by atoms with E-state index in [1.54, 1.807) is 0 Å². The van der Waals surface area contributed by atoms with Crippen molar-refractivity contribution in [1.82, 2.24) is 10.2 Å². The monoisotopic (exact) mass is 310 g/mol. The van der Waals surface area contributed by atoms with Gasteiger partial charge in [0.1, 0.15) is 0 Å². The van der Waals surface area contributed by atoms with E-state index in [-0.39, 0.29) is 5.54 Å². The van der Waals surface area contributed by atoms with Crippen molar-refractivity contribution in [2.45, 2.75) is 38.8 Å². The summed E-state index contributed by atoms with van der Waals surface area (Å²) in [4.78, 5) is 2.53. The first-order valence-electron chi connectivity index (χ1n) is 7.84. The molecule has 1 aliphatic rings. The normalized spacial score (nSPS) is 20.4. The molecule has 2 rings (SSSR count). The van der Waals surface area contributed by atoms with Crippen LogP contribution in [0.2, 0.25) is 5.02 Å². The van der Waals surface area contributed by atoms with Crippen molar-refractivity contribution in [2.24, 2.45) is 0 Å². The number of nitrogens with one attached hydrogen (secondary N) is 1. The number of benzene rings is 1. The van der Waals surface area contributed by atoms with Gasteiger partial charge in [0.25, 0.3) is 0 Å². The summed E-state index contributed by atoms with van der Waals surface area (Å²) in [6.45, 7) is 11.4. The second-order valence-corrected chi connectivity index (χ2v) is 6.74. The third kappa shape index (κ3) is 4.68. The molecule has 0 radical (unpaired) electrons. The van der Waals surface area contributed by atoms with Crippen LogP contribution in [0.25, 0.3) is 0 Å². The number of nitrogens with zero attached hydrogens (tertiary/aromatic N) is 1. The van der Waals surface area contributed by atoms with Gasteiger partial charge in [0, 0.05) is 29.7 Å². The van der Waals surface area contributed by atoms with Gasteiger partial charge in [-0.15, -0.1) is 0 Å². The standard InChI is InChI=1S/C17H27ClN2O/c1-4-19-16(14-6-5-7-15(18)12-14)8-9-20-10-11-21-13-17(20,2)3/h5-7,12,16,19H,4,8-11,13H2,1-3H3. The Morgan fingerprint density at radius 1 is 1.43 bits per heavy atom. The van der Waals surface area contributed by atoms with E-state index in [2.05, 4.69) is 43.1 Å². The second kappa shape index (κ2) is 7.59. The molecular formula is C17H27ClN2O. The summed E-state index contributed by atoms with van der Waals surface area (Å²) in [6, 6.07) is 8.54. The minimum Gasteiger partial charge on any atom is -0.378 e. The van der Waals surface area contributed by atoms with Gasteiger partial charge < -0.3 is 10.1 Å². The fourth-order valence-corrected chi connectivity index (χ4v) is 3.15. The van der Waals surface area contributed by atoms with Gasteiger partial charge in [0.2, 0.25) is 0 Å². The zero-order valence-corrected chi connectivity index (χ0v) is 14.1. The molecule has 21 heavy (non-hydrogen) atoms. The van der Waals surface area contributed by atoms with Crippen LogP contribution in [-0.2, 0) is 4.74 Å². The van der Waals surface area contributed by atoms with Crippen molar-refractivity contribution in [3.05, 3.63) is 34.9 Å². The Hall–Kier alpha value is -0.610. The van der Waals surface area contributed by atoms with Crippen LogP contribution in [-0.4, -0.2) is 43.3 Å². The molecule has 1 heterocycles. The van der Waals surface area contributed by atoms with Crippen LogP contribution in [0.1, 0.15) is 38.8 Å². The van der Waals surface area contributed by atoms with E-state index in [9.17, 15) is 0 Å². The van der Waals surface area contributed by atoms with Gasteiger partial charge in [-0.2, -0.15) is 0 Å². The topological polar surface area (TPSA) is 24.5 Å². The van der Waals surface area contributed by atoms with Crippen molar-refractivity contribution >= 4 is 11.6 Å². The molecule has 0 saturated carbocycles. The van der Waals surface area contributed by atoms with Gasteiger partial charge in [-0.3, -0.25) is 4.90 Å². The Bertz CT molecular complexity index is 450. The van der Waals surface area contributed by atoms with Crippen molar-refractivity contribution in [3.8, 4) is 0 Å². The van der Waals surface area contributed by atoms with Crippen LogP contribution in [0.15, 0.2) is 24.3 Å². The van der Waals surface area contributed by atoms with Gasteiger partial charge in [-0.25, -0.2) is 0 Å². The molecule has 0 amide bonds. The maximum absolute atomic E-state index is 6.13. The molecule has 0 spiro atoms. The van der Waals surface area contributed by atoms with Crippen molar-refractivity contribution in [1.29, 1.82) is 0 Å². The average Bonchev–Trinajstić information content (AvgIpc) is 2.44. The molecule has 118 valence electrons. The molecule has 4 heteroatoms. The van der Waals surface area contributed by atoms with E-state index < -0.39 is 0 Å². The van der Waals surface area contributed by atoms with E-state index in [0.717, 1.165) is 44.3 Å².